The number of rotatable bonds is 8. The van der Waals surface area contributed by atoms with Crippen molar-refractivity contribution in [2.24, 2.45) is 5.92 Å². The maximum atomic E-state index is 11.8. The minimum Gasteiger partial charge on any atom is -0.353 e. The minimum atomic E-state index is -3.25. The fraction of sp³-hybridized carbons (Fsp3) is 0.846. The fourth-order valence-corrected chi connectivity index (χ4v) is 2.89. The molecule has 0 bridgehead atoms. The second-order valence-electron chi connectivity index (χ2n) is 5.60. The number of sulfonamides is 1. The summed E-state index contributed by atoms with van der Waals surface area (Å²) < 4.78 is 24.0. The lowest BCUT2D eigenvalue weighted by molar-refractivity contribution is -0.129. The topological polar surface area (TPSA) is 104 Å². The van der Waals surface area contributed by atoms with Gasteiger partial charge in [-0.2, -0.15) is 0 Å². The van der Waals surface area contributed by atoms with Gasteiger partial charge in [0.05, 0.1) is 6.26 Å². The van der Waals surface area contributed by atoms with E-state index in [2.05, 4.69) is 15.4 Å². The van der Waals surface area contributed by atoms with Crippen molar-refractivity contribution >= 4 is 21.8 Å². The SMILES string of the molecule is C[C@H](NC(=O)CC1CCCC1)C(=O)NCCNS(C)(=O)=O. The van der Waals surface area contributed by atoms with Gasteiger partial charge in [0.2, 0.25) is 21.8 Å². The molecule has 0 unspecified atom stereocenters. The Morgan fingerprint density at radius 1 is 1.19 bits per heavy atom. The highest BCUT2D eigenvalue weighted by molar-refractivity contribution is 7.88. The van der Waals surface area contributed by atoms with Crippen LogP contribution >= 0.6 is 0 Å². The van der Waals surface area contributed by atoms with Crippen molar-refractivity contribution in [3.05, 3.63) is 0 Å². The predicted octanol–water partition coefficient (Wildman–Crippen LogP) is -0.263. The van der Waals surface area contributed by atoms with E-state index in [1.54, 1.807) is 6.92 Å². The van der Waals surface area contributed by atoms with Gasteiger partial charge < -0.3 is 10.6 Å². The molecule has 1 atom stereocenters. The highest BCUT2D eigenvalue weighted by Crippen LogP contribution is 2.27. The molecule has 0 radical (unpaired) electrons. The van der Waals surface area contributed by atoms with Crippen LogP contribution in [0.4, 0.5) is 0 Å². The molecule has 21 heavy (non-hydrogen) atoms. The van der Waals surface area contributed by atoms with Gasteiger partial charge in [-0.1, -0.05) is 12.8 Å². The Kier molecular flexibility index (Phi) is 7.10. The zero-order chi connectivity index (χ0) is 15.9. The van der Waals surface area contributed by atoms with Gasteiger partial charge in [-0.3, -0.25) is 9.59 Å². The van der Waals surface area contributed by atoms with Gasteiger partial charge in [0.1, 0.15) is 6.04 Å². The van der Waals surface area contributed by atoms with Crippen LogP contribution in [0.5, 0.6) is 0 Å². The molecule has 0 aromatic heterocycles. The number of carbonyl (C=O) groups is 2. The van der Waals surface area contributed by atoms with Crippen molar-refractivity contribution in [2.75, 3.05) is 19.3 Å². The van der Waals surface area contributed by atoms with Crippen LogP contribution in [0.25, 0.3) is 0 Å². The average Bonchev–Trinajstić information content (AvgIpc) is 2.85. The summed E-state index contributed by atoms with van der Waals surface area (Å²) in [7, 11) is -3.25. The van der Waals surface area contributed by atoms with E-state index in [0.717, 1.165) is 19.1 Å². The van der Waals surface area contributed by atoms with Crippen molar-refractivity contribution < 1.29 is 18.0 Å². The van der Waals surface area contributed by atoms with Crippen molar-refractivity contribution in [3.8, 4) is 0 Å². The highest BCUT2D eigenvalue weighted by Gasteiger charge is 2.21. The molecule has 0 spiro atoms. The van der Waals surface area contributed by atoms with Crippen LogP contribution < -0.4 is 15.4 Å². The summed E-state index contributed by atoms with van der Waals surface area (Å²) in [6, 6.07) is -0.614. The third kappa shape index (κ3) is 8.01. The molecule has 0 aromatic rings. The zero-order valence-electron chi connectivity index (χ0n) is 12.6. The number of amides is 2. The van der Waals surface area contributed by atoms with Crippen LogP contribution in [0.3, 0.4) is 0 Å². The molecule has 122 valence electrons. The molecular weight excluding hydrogens is 294 g/mol. The number of nitrogens with one attached hydrogen (secondary N) is 3. The van der Waals surface area contributed by atoms with E-state index in [-0.39, 0.29) is 24.9 Å². The molecule has 0 saturated heterocycles. The summed E-state index contributed by atoms with van der Waals surface area (Å²) in [4.78, 5) is 23.5. The van der Waals surface area contributed by atoms with E-state index in [0.29, 0.717) is 12.3 Å². The van der Waals surface area contributed by atoms with Gasteiger partial charge in [0, 0.05) is 19.5 Å². The van der Waals surface area contributed by atoms with Gasteiger partial charge in [-0.05, 0) is 25.7 Å². The van der Waals surface area contributed by atoms with Crippen LogP contribution in [-0.4, -0.2) is 45.6 Å². The second-order valence-corrected chi connectivity index (χ2v) is 7.43. The Hall–Kier alpha value is -1.15. The lowest BCUT2D eigenvalue weighted by Gasteiger charge is -2.15. The molecule has 1 fully saturated rings. The first kappa shape index (κ1) is 17.9. The highest BCUT2D eigenvalue weighted by atomic mass is 32.2. The fourth-order valence-electron chi connectivity index (χ4n) is 2.42. The molecule has 1 aliphatic carbocycles. The first-order chi connectivity index (χ1) is 9.78. The van der Waals surface area contributed by atoms with Gasteiger partial charge >= 0.3 is 0 Å². The maximum Gasteiger partial charge on any atom is 0.242 e. The maximum absolute atomic E-state index is 11.8. The molecule has 1 saturated carbocycles. The van der Waals surface area contributed by atoms with E-state index in [9.17, 15) is 18.0 Å². The molecule has 0 heterocycles. The molecule has 0 aliphatic heterocycles. The Bertz CT molecular complexity index is 458. The van der Waals surface area contributed by atoms with E-state index >= 15 is 0 Å². The summed E-state index contributed by atoms with van der Waals surface area (Å²) in [6.07, 6.45) is 6.08. The standard InChI is InChI=1S/C13H25N3O4S/c1-10(13(18)14-7-8-15-21(2,19)20)16-12(17)9-11-5-3-4-6-11/h10-11,15H,3-9H2,1-2H3,(H,14,18)(H,16,17)/t10-/m0/s1. The second kappa shape index (κ2) is 8.33. The third-order valence-electron chi connectivity index (χ3n) is 3.51. The van der Waals surface area contributed by atoms with Gasteiger partial charge in [0.25, 0.3) is 0 Å². The molecule has 8 heteroatoms. The average molecular weight is 319 g/mol. The van der Waals surface area contributed by atoms with Gasteiger partial charge in [-0.15, -0.1) is 0 Å². The summed E-state index contributed by atoms with van der Waals surface area (Å²) in [6.45, 7) is 1.94. The largest absolute Gasteiger partial charge is 0.353 e. The van der Waals surface area contributed by atoms with Crippen LogP contribution in [0.1, 0.15) is 39.0 Å². The molecule has 0 aromatic carbocycles. The third-order valence-corrected chi connectivity index (χ3v) is 4.24. The van der Waals surface area contributed by atoms with E-state index in [1.165, 1.54) is 12.8 Å². The quantitative estimate of drug-likeness (QED) is 0.536. The van der Waals surface area contributed by atoms with Crippen molar-refractivity contribution in [1.82, 2.24) is 15.4 Å². The first-order valence-electron chi connectivity index (χ1n) is 7.29. The summed E-state index contributed by atoms with van der Waals surface area (Å²) in [5, 5.41) is 5.25. The van der Waals surface area contributed by atoms with Crippen LogP contribution in [0, 0.1) is 5.92 Å². The first-order valence-corrected chi connectivity index (χ1v) is 9.19. The molecule has 7 nitrogen and oxygen atoms in total. The number of carbonyl (C=O) groups excluding carboxylic acids is 2. The van der Waals surface area contributed by atoms with E-state index < -0.39 is 16.1 Å². The summed E-state index contributed by atoms with van der Waals surface area (Å²) >= 11 is 0. The lowest BCUT2D eigenvalue weighted by atomic mass is 10.0. The summed E-state index contributed by atoms with van der Waals surface area (Å²) in [5.41, 5.74) is 0. The number of hydrogen-bond donors (Lipinski definition) is 3. The van der Waals surface area contributed by atoms with Crippen molar-refractivity contribution in [3.63, 3.8) is 0 Å². The van der Waals surface area contributed by atoms with Gasteiger partial charge in [-0.25, -0.2) is 13.1 Å². The smallest absolute Gasteiger partial charge is 0.242 e. The van der Waals surface area contributed by atoms with E-state index in [1.807, 2.05) is 0 Å². The van der Waals surface area contributed by atoms with Crippen LogP contribution in [-0.2, 0) is 19.6 Å². The predicted molar refractivity (Wildman–Crippen MR) is 80.0 cm³/mol. The summed E-state index contributed by atoms with van der Waals surface area (Å²) in [5.74, 6) is 0.0307. The van der Waals surface area contributed by atoms with E-state index in [4.69, 9.17) is 0 Å². The molecule has 3 N–H and O–H groups in total. The Labute approximate surface area is 126 Å². The Balaban J connectivity index is 2.19. The molecule has 2 amide bonds. The minimum absolute atomic E-state index is 0.0983. The van der Waals surface area contributed by atoms with Gasteiger partial charge in [0.15, 0.2) is 0 Å². The normalized spacial score (nSPS) is 17.4. The monoisotopic (exact) mass is 319 g/mol. The molecule has 1 aliphatic rings. The molecular formula is C13H25N3O4S. The van der Waals surface area contributed by atoms with Crippen LogP contribution in [0.15, 0.2) is 0 Å². The molecule has 1 rings (SSSR count). The zero-order valence-corrected chi connectivity index (χ0v) is 13.5. The lowest BCUT2D eigenvalue weighted by Crippen LogP contribution is -2.46. The van der Waals surface area contributed by atoms with Crippen molar-refractivity contribution in [2.45, 2.75) is 45.1 Å². The Morgan fingerprint density at radius 2 is 1.81 bits per heavy atom. The van der Waals surface area contributed by atoms with Crippen molar-refractivity contribution in [1.29, 1.82) is 0 Å². The Morgan fingerprint density at radius 3 is 2.38 bits per heavy atom. The van der Waals surface area contributed by atoms with Crippen LogP contribution in [0.2, 0.25) is 0 Å². The number of hydrogen-bond acceptors (Lipinski definition) is 4.